The van der Waals surface area contributed by atoms with E-state index in [2.05, 4.69) is 29.6 Å². The van der Waals surface area contributed by atoms with Crippen molar-refractivity contribution < 1.29 is 38.2 Å². The molecule has 1 fully saturated rings. The van der Waals surface area contributed by atoms with Crippen molar-refractivity contribution in [1.29, 1.82) is 0 Å². The summed E-state index contributed by atoms with van der Waals surface area (Å²) >= 11 is 0. The summed E-state index contributed by atoms with van der Waals surface area (Å²) in [6.45, 7) is 0.517. The number of carboxylic acid groups (broad SMARTS) is 1. The van der Waals surface area contributed by atoms with Gasteiger partial charge in [-0.25, -0.2) is 0 Å². The summed E-state index contributed by atoms with van der Waals surface area (Å²) < 4.78 is 10.4. The molecule has 1 aliphatic heterocycles. The van der Waals surface area contributed by atoms with Gasteiger partial charge in [-0.15, -0.1) is 0 Å². The molecule has 0 saturated carbocycles. The van der Waals surface area contributed by atoms with Gasteiger partial charge in [0.2, 0.25) is 0 Å². The third-order valence-corrected chi connectivity index (χ3v) is 3.76. The second-order valence-electron chi connectivity index (χ2n) is 5.44. The van der Waals surface area contributed by atoms with Gasteiger partial charge < -0.3 is 19.4 Å². The molecule has 24 heavy (non-hydrogen) atoms. The van der Waals surface area contributed by atoms with E-state index in [1.54, 1.807) is 0 Å². The van der Waals surface area contributed by atoms with Gasteiger partial charge in [0.05, 0.1) is 31.3 Å². The Balaban J connectivity index is 0.00000208. The van der Waals surface area contributed by atoms with Crippen LogP contribution in [0.4, 0.5) is 0 Å². The van der Waals surface area contributed by atoms with Crippen LogP contribution in [0, 0.1) is 0 Å². The fourth-order valence-electron chi connectivity index (χ4n) is 2.65. The first-order chi connectivity index (χ1) is 11.2. The molecule has 5 nitrogen and oxygen atoms in total. The number of carboxylic acids is 1. The van der Waals surface area contributed by atoms with Crippen LogP contribution in [0.25, 0.3) is 0 Å². The Morgan fingerprint density at radius 1 is 0.958 bits per heavy atom. The topological polar surface area (TPSA) is 70.6 Å². The molecular weight excluding hydrogens is 301 g/mol. The van der Waals surface area contributed by atoms with E-state index < -0.39 is 12.3 Å². The number of carbonyl (C=O) groups excluding carboxylic acids is 1. The van der Waals surface area contributed by atoms with E-state index in [0.717, 1.165) is 11.1 Å². The fourth-order valence-corrected chi connectivity index (χ4v) is 2.65. The van der Waals surface area contributed by atoms with Gasteiger partial charge in [-0.2, -0.15) is 0 Å². The van der Waals surface area contributed by atoms with Crippen LogP contribution >= 0.6 is 0 Å². The summed E-state index contributed by atoms with van der Waals surface area (Å²) in [6, 6.07) is 20.0. The molecule has 120 valence electrons. The van der Waals surface area contributed by atoms with Crippen LogP contribution in [-0.4, -0.2) is 31.5 Å². The molecule has 2 aromatic rings. The molecular formula is C18H18LiNO4. The molecule has 3 rings (SSSR count). The maximum Gasteiger partial charge on any atom is 1.00 e. The van der Waals surface area contributed by atoms with Gasteiger partial charge in [-0.1, -0.05) is 60.7 Å². The van der Waals surface area contributed by atoms with Crippen LogP contribution in [0.1, 0.15) is 17.2 Å². The zero-order chi connectivity index (χ0) is 16.1. The molecule has 0 spiro atoms. The zero-order valence-corrected chi connectivity index (χ0v) is 13.6. The van der Waals surface area contributed by atoms with E-state index in [1.165, 1.54) is 0 Å². The number of aliphatic carboxylic acids is 1. The molecule has 0 aliphatic carbocycles. The van der Waals surface area contributed by atoms with E-state index in [0.29, 0.717) is 0 Å². The third-order valence-electron chi connectivity index (χ3n) is 3.76. The van der Waals surface area contributed by atoms with Gasteiger partial charge >= 0.3 is 18.9 Å². The Morgan fingerprint density at radius 2 is 1.42 bits per heavy atom. The molecule has 1 N–H and O–H groups in total. The molecule has 0 radical (unpaired) electrons. The Morgan fingerprint density at radius 3 is 1.83 bits per heavy atom. The fraction of sp³-hybridized carbons (Fsp3) is 0.278. The minimum absolute atomic E-state index is 0. The number of nitrogens with one attached hydrogen (secondary N) is 1. The van der Waals surface area contributed by atoms with Crippen molar-refractivity contribution in [1.82, 2.24) is 5.32 Å². The monoisotopic (exact) mass is 319 g/mol. The van der Waals surface area contributed by atoms with E-state index in [-0.39, 0.29) is 44.2 Å². The second kappa shape index (κ2) is 9.02. The normalized spacial score (nSPS) is 20.4. The van der Waals surface area contributed by atoms with Crippen LogP contribution in [0.2, 0.25) is 0 Å². The average Bonchev–Trinajstić information content (AvgIpc) is 2.61. The van der Waals surface area contributed by atoms with Crippen molar-refractivity contribution in [3.8, 4) is 0 Å². The van der Waals surface area contributed by atoms with Gasteiger partial charge in [-0.3, -0.25) is 5.32 Å². The molecule has 1 saturated heterocycles. The molecule has 6 heteroatoms. The molecule has 1 heterocycles. The number of ether oxygens (including phenoxy) is 2. The summed E-state index contributed by atoms with van der Waals surface area (Å²) in [5.41, 5.74) is 2.25. The van der Waals surface area contributed by atoms with Gasteiger partial charge in [0.1, 0.15) is 0 Å². The van der Waals surface area contributed by atoms with E-state index in [9.17, 15) is 9.90 Å². The average molecular weight is 319 g/mol. The molecule has 0 unspecified atom stereocenters. The summed E-state index contributed by atoms with van der Waals surface area (Å²) in [4.78, 5) is 10.7. The number of hydrogen-bond donors (Lipinski definition) is 1. The van der Waals surface area contributed by atoms with E-state index in [1.807, 2.05) is 36.4 Å². The van der Waals surface area contributed by atoms with E-state index >= 15 is 0 Å². The van der Waals surface area contributed by atoms with Crippen LogP contribution in [-0.2, 0) is 14.3 Å². The first kappa shape index (κ1) is 18.7. The Labute approximate surface area is 153 Å². The minimum Gasteiger partial charge on any atom is -0.545 e. The van der Waals surface area contributed by atoms with Gasteiger partial charge in [0.15, 0.2) is 6.29 Å². The van der Waals surface area contributed by atoms with Crippen LogP contribution < -0.4 is 29.3 Å². The van der Waals surface area contributed by atoms with E-state index in [4.69, 9.17) is 9.47 Å². The van der Waals surface area contributed by atoms with Crippen LogP contribution in [0.5, 0.6) is 0 Å². The Bertz CT molecular complexity index is 590. The third kappa shape index (κ3) is 4.70. The van der Waals surface area contributed by atoms with Crippen molar-refractivity contribution in [3.05, 3.63) is 71.8 Å². The van der Waals surface area contributed by atoms with Crippen molar-refractivity contribution in [2.45, 2.75) is 18.4 Å². The van der Waals surface area contributed by atoms with Crippen LogP contribution in [0.3, 0.4) is 0 Å². The Hall–Kier alpha value is -1.61. The van der Waals surface area contributed by atoms with Crippen molar-refractivity contribution in [3.63, 3.8) is 0 Å². The van der Waals surface area contributed by atoms with Crippen molar-refractivity contribution >= 4 is 5.97 Å². The number of carbonyl (C=O) groups is 1. The van der Waals surface area contributed by atoms with Crippen molar-refractivity contribution in [2.75, 3.05) is 13.2 Å². The smallest absolute Gasteiger partial charge is 0.545 e. The number of benzene rings is 2. The predicted molar refractivity (Wildman–Crippen MR) is 82.3 cm³/mol. The molecule has 0 atom stereocenters. The number of hydrogen-bond acceptors (Lipinski definition) is 5. The standard InChI is InChI=1S/C18H19NO4.Li/c20-17(21)18-22-11-15(12-23-18)19-16(13-7-3-1-4-8-13)14-9-5-2-6-10-14;/h1-10,15-16,18-19H,11-12H2,(H,20,21);/q;+1/p-1. The molecule has 2 aromatic carbocycles. The largest absolute Gasteiger partial charge is 1.00 e. The first-order valence-electron chi connectivity index (χ1n) is 7.54. The predicted octanol–water partition coefficient (Wildman–Crippen LogP) is -2.14. The Kier molecular flexibility index (Phi) is 7.04. The summed E-state index contributed by atoms with van der Waals surface area (Å²) in [5, 5.41) is 14.2. The SMILES string of the molecule is O=C([O-])C1OCC(NC(c2ccccc2)c2ccccc2)CO1.[Li+]. The molecule has 0 aromatic heterocycles. The molecule has 0 amide bonds. The first-order valence-corrected chi connectivity index (χ1v) is 7.54. The number of rotatable bonds is 5. The quantitative estimate of drug-likeness (QED) is 0.637. The maximum atomic E-state index is 10.7. The summed E-state index contributed by atoms with van der Waals surface area (Å²) in [6.07, 6.45) is -1.28. The maximum absolute atomic E-state index is 10.7. The zero-order valence-electron chi connectivity index (χ0n) is 13.6. The van der Waals surface area contributed by atoms with Gasteiger partial charge in [-0.05, 0) is 11.1 Å². The summed E-state index contributed by atoms with van der Waals surface area (Å²) in [5.74, 6) is -1.34. The minimum atomic E-state index is -1.34. The van der Waals surface area contributed by atoms with Gasteiger partial charge in [0.25, 0.3) is 0 Å². The summed E-state index contributed by atoms with van der Waals surface area (Å²) in [7, 11) is 0. The van der Waals surface area contributed by atoms with Crippen LogP contribution in [0.15, 0.2) is 60.7 Å². The molecule has 1 aliphatic rings. The molecule has 0 bridgehead atoms. The second-order valence-corrected chi connectivity index (χ2v) is 5.44. The van der Waals surface area contributed by atoms with Gasteiger partial charge in [0, 0.05) is 0 Å². The van der Waals surface area contributed by atoms with Crippen molar-refractivity contribution in [2.24, 2.45) is 0 Å².